The number of piperidine rings is 1. The molecule has 2 heterocycles. The first kappa shape index (κ1) is 20.0. The Hall–Kier alpha value is -1.34. The van der Waals surface area contributed by atoms with Crippen molar-refractivity contribution in [3.63, 3.8) is 0 Å². The van der Waals surface area contributed by atoms with Crippen LogP contribution >= 0.6 is 11.6 Å². The van der Waals surface area contributed by atoms with E-state index in [0.29, 0.717) is 23.8 Å². The molecule has 1 amide bonds. The molecule has 0 unspecified atom stereocenters. The third kappa shape index (κ3) is 6.82. The van der Waals surface area contributed by atoms with Crippen LogP contribution in [0.4, 0.5) is 4.79 Å². The Morgan fingerprint density at radius 2 is 2.12 bits per heavy atom. The SMILES string of the molecule is CC(C)(C)OC(=O)N1CCC[C@@H](CS(=O)(=O)Cc2ccc(Cl)nc2)C1. The zero-order valence-electron chi connectivity index (χ0n) is 14.9. The van der Waals surface area contributed by atoms with E-state index in [1.165, 1.54) is 6.20 Å². The fourth-order valence-electron chi connectivity index (χ4n) is 2.86. The molecule has 1 saturated heterocycles. The highest BCUT2D eigenvalue weighted by Gasteiger charge is 2.30. The van der Waals surface area contributed by atoms with Crippen molar-refractivity contribution in [3.8, 4) is 0 Å². The second-order valence-electron chi connectivity index (χ2n) is 7.48. The predicted octanol–water partition coefficient (Wildman–Crippen LogP) is 3.30. The first-order chi connectivity index (χ1) is 11.5. The molecule has 0 radical (unpaired) electrons. The molecule has 1 atom stereocenters. The maximum atomic E-state index is 12.5. The van der Waals surface area contributed by atoms with Crippen molar-refractivity contribution in [1.82, 2.24) is 9.88 Å². The number of ether oxygens (including phenoxy) is 1. The molecule has 0 bridgehead atoms. The lowest BCUT2D eigenvalue weighted by Gasteiger charge is -2.34. The van der Waals surface area contributed by atoms with Gasteiger partial charge in [-0.15, -0.1) is 0 Å². The third-order valence-corrected chi connectivity index (χ3v) is 5.81. The Bertz CT molecular complexity index is 698. The van der Waals surface area contributed by atoms with Gasteiger partial charge in [0.15, 0.2) is 9.84 Å². The van der Waals surface area contributed by atoms with E-state index in [2.05, 4.69) is 4.98 Å². The van der Waals surface area contributed by atoms with E-state index in [4.69, 9.17) is 16.3 Å². The van der Waals surface area contributed by atoms with Gasteiger partial charge in [0.05, 0.1) is 11.5 Å². The summed E-state index contributed by atoms with van der Waals surface area (Å²) in [6, 6.07) is 3.25. The van der Waals surface area contributed by atoms with E-state index in [-0.39, 0.29) is 23.5 Å². The minimum atomic E-state index is -3.29. The quantitative estimate of drug-likeness (QED) is 0.739. The van der Waals surface area contributed by atoms with Gasteiger partial charge in [0.2, 0.25) is 0 Å². The van der Waals surface area contributed by atoms with Crippen molar-refractivity contribution in [2.45, 2.75) is 45.0 Å². The second kappa shape index (κ2) is 7.91. The summed E-state index contributed by atoms with van der Waals surface area (Å²) in [6.07, 6.45) is 2.67. The Kier molecular flexibility index (Phi) is 6.32. The fourth-order valence-corrected chi connectivity index (χ4v) is 4.76. The van der Waals surface area contributed by atoms with E-state index < -0.39 is 15.4 Å². The lowest BCUT2D eigenvalue weighted by molar-refractivity contribution is 0.0176. The summed E-state index contributed by atoms with van der Waals surface area (Å²) in [5.41, 5.74) is 0.0572. The summed E-state index contributed by atoms with van der Waals surface area (Å²) in [7, 11) is -3.29. The number of likely N-dealkylation sites (tertiary alicyclic amines) is 1. The van der Waals surface area contributed by atoms with Gasteiger partial charge < -0.3 is 9.64 Å². The summed E-state index contributed by atoms with van der Waals surface area (Å²) in [5.74, 6) is -0.0961. The monoisotopic (exact) mass is 388 g/mol. The summed E-state index contributed by atoms with van der Waals surface area (Å²) in [6.45, 7) is 6.46. The predicted molar refractivity (Wildman–Crippen MR) is 97.3 cm³/mol. The van der Waals surface area contributed by atoms with Gasteiger partial charge in [-0.25, -0.2) is 18.2 Å². The van der Waals surface area contributed by atoms with Gasteiger partial charge in [-0.2, -0.15) is 0 Å². The van der Waals surface area contributed by atoms with Crippen LogP contribution in [0.5, 0.6) is 0 Å². The first-order valence-electron chi connectivity index (χ1n) is 8.33. The van der Waals surface area contributed by atoms with Crippen molar-refractivity contribution < 1.29 is 17.9 Å². The molecule has 1 fully saturated rings. The van der Waals surface area contributed by atoms with Crippen LogP contribution in [0.1, 0.15) is 39.2 Å². The average molecular weight is 389 g/mol. The smallest absolute Gasteiger partial charge is 0.410 e. The molecule has 1 aromatic heterocycles. The Morgan fingerprint density at radius 3 is 2.72 bits per heavy atom. The summed E-state index contributed by atoms with van der Waals surface area (Å²) >= 11 is 5.72. The Morgan fingerprint density at radius 1 is 1.40 bits per heavy atom. The number of carbonyl (C=O) groups excluding carboxylic acids is 1. The number of rotatable bonds is 4. The van der Waals surface area contributed by atoms with Crippen molar-refractivity contribution in [1.29, 1.82) is 0 Å². The van der Waals surface area contributed by atoms with Crippen molar-refractivity contribution >= 4 is 27.5 Å². The van der Waals surface area contributed by atoms with Gasteiger partial charge in [0.25, 0.3) is 0 Å². The Balaban J connectivity index is 1.94. The highest BCUT2D eigenvalue weighted by atomic mass is 35.5. The van der Waals surface area contributed by atoms with Crippen LogP contribution in [-0.4, -0.2) is 48.8 Å². The van der Waals surface area contributed by atoms with Crippen LogP contribution in [0, 0.1) is 5.92 Å². The van der Waals surface area contributed by atoms with Gasteiger partial charge >= 0.3 is 6.09 Å². The minimum Gasteiger partial charge on any atom is -0.444 e. The van der Waals surface area contributed by atoms with Gasteiger partial charge in [-0.05, 0) is 51.2 Å². The van der Waals surface area contributed by atoms with Crippen LogP contribution in [0.3, 0.4) is 0 Å². The molecule has 0 saturated carbocycles. The maximum Gasteiger partial charge on any atom is 0.410 e. The minimum absolute atomic E-state index is 0.0505. The number of sulfone groups is 1. The molecular formula is C17H25ClN2O4S. The number of carbonyl (C=O) groups is 1. The van der Waals surface area contributed by atoms with Crippen LogP contribution in [0.15, 0.2) is 18.3 Å². The van der Waals surface area contributed by atoms with Crippen LogP contribution in [-0.2, 0) is 20.3 Å². The molecule has 25 heavy (non-hydrogen) atoms. The van der Waals surface area contributed by atoms with Crippen LogP contribution in [0.2, 0.25) is 5.15 Å². The van der Waals surface area contributed by atoms with Crippen LogP contribution in [0.25, 0.3) is 0 Å². The zero-order valence-corrected chi connectivity index (χ0v) is 16.4. The molecule has 0 N–H and O–H groups in total. The van der Waals surface area contributed by atoms with Crippen molar-refractivity contribution in [2.75, 3.05) is 18.8 Å². The van der Waals surface area contributed by atoms with Crippen molar-refractivity contribution in [2.24, 2.45) is 5.92 Å². The molecule has 8 heteroatoms. The molecule has 6 nitrogen and oxygen atoms in total. The van der Waals surface area contributed by atoms with Crippen molar-refractivity contribution in [3.05, 3.63) is 29.0 Å². The fraction of sp³-hybridized carbons (Fsp3) is 0.647. The highest BCUT2D eigenvalue weighted by Crippen LogP contribution is 2.22. The number of hydrogen-bond acceptors (Lipinski definition) is 5. The van der Waals surface area contributed by atoms with Gasteiger partial charge in [-0.3, -0.25) is 0 Å². The number of pyridine rings is 1. The van der Waals surface area contributed by atoms with E-state index in [9.17, 15) is 13.2 Å². The molecule has 140 valence electrons. The summed E-state index contributed by atoms with van der Waals surface area (Å²) < 4.78 is 30.3. The zero-order chi connectivity index (χ0) is 18.7. The standard InChI is InChI=1S/C17H25ClN2O4S/c1-17(2,3)24-16(21)20-8-4-5-14(10-20)12-25(22,23)11-13-6-7-15(18)19-9-13/h6-7,9,14H,4-5,8,10-12H2,1-3H3/t14-/m1/s1. The van der Waals surface area contributed by atoms with E-state index in [0.717, 1.165) is 12.8 Å². The number of halogens is 1. The second-order valence-corrected chi connectivity index (χ2v) is 9.97. The topological polar surface area (TPSA) is 76.6 Å². The molecular weight excluding hydrogens is 364 g/mol. The molecule has 0 spiro atoms. The van der Waals surface area contributed by atoms with Crippen LogP contribution < -0.4 is 0 Å². The lowest BCUT2D eigenvalue weighted by atomic mass is 10.0. The molecule has 1 aromatic rings. The average Bonchev–Trinajstić information content (AvgIpc) is 2.47. The normalized spacial score (nSPS) is 18.9. The number of aromatic nitrogens is 1. The van der Waals surface area contributed by atoms with Gasteiger partial charge in [0, 0.05) is 19.3 Å². The van der Waals surface area contributed by atoms with Gasteiger partial charge in [-0.1, -0.05) is 17.7 Å². The van der Waals surface area contributed by atoms with E-state index in [1.54, 1.807) is 17.0 Å². The highest BCUT2D eigenvalue weighted by molar-refractivity contribution is 7.90. The van der Waals surface area contributed by atoms with Gasteiger partial charge in [0.1, 0.15) is 10.8 Å². The largest absolute Gasteiger partial charge is 0.444 e. The van der Waals surface area contributed by atoms with E-state index >= 15 is 0 Å². The molecule has 2 rings (SSSR count). The molecule has 0 aliphatic carbocycles. The lowest BCUT2D eigenvalue weighted by Crippen LogP contribution is -2.44. The molecule has 0 aromatic carbocycles. The summed E-state index contributed by atoms with van der Waals surface area (Å²) in [4.78, 5) is 17.7. The maximum absolute atomic E-state index is 12.5. The number of nitrogens with zero attached hydrogens (tertiary/aromatic N) is 2. The molecule has 1 aliphatic rings. The third-order valence-electron chi connectivity index (χ3n) is 3.84. The number of hydrogen-bond donors (Lipinski definition) is 0. The summed E-state index contributed by atoms with van der Waals surface area (Å²) in [5, 5.41) is 0.335. The number of amides is 1. The Labute approximate surface area is 154 Å². The first-order valence-corrected chi connectivity index (χ1v) is 10.5. The molecule has 1 aliphatic heterocycles. The van der Waals surface area contributed by atoms with E-state index in [1.807, 2.05) is 20.8 Å².